The minimum Gasteiger partial charge on any atom is -0.370 e. The Hall–Kier alpha value is -2.96. The summed E-state index contributed by atoms with van der Waals surface area (Å²) in [5.41, 5.74) is 5.12. The van der Waals surface area contributed by atoms with Crippen LogP contribution in [0, 0.1) is 13.8 Å². The third-order valence-electron chi connectivity index (χ3n) is 7.76. The highest BCUT2D eigenvalue weighted by atomic mass is 16.5. The number of likely N-dealkylation sites (tertiary alicyclic amines) is 1. The van der Waals surface area contributed by atoms with Gasteiger partial charge >= 0.3 is 0 Å². The molecule has 190 valence electrons. The van der Waals surface area contributed by atoms with Crippen LogP contribution in [0.5, 0.6) is 0 Å². The fourth-order valence-corrected chi connectivity index (χ4v) is 5.70. The Morgan fingerprint density at radius 1 is 1.06 bits per heavy atom. The Morgan fingerprint density at radius 2 is 1.81 bits per heavy atom. The lowest BCUT2D eigenvalue weighted by molar-refractivity contribution is -0.0754. The van der Waals surface area contributed by atoms with Crippen molar-refractivity contribution in [3.8, 4) is 5.69 Å². The molecule has 2 aliphatic rings. The van der Waals surface area contributed by atoms with Crippen molar-refractivity contribution in [3.63, 3.8) is 0 Å². The summed E-state index contributed by atoms with van der Waals surface area (Å²) in [5, 5.41) is 7.61. The summed E-state index contributed by atoms with van der Waals surface area (Å²) < 4.78 is 8.44. The van der Waals surface area contributed by atoms with E-state index in [9.17, 15) is 4.79 Å². The third kappa shape index (κ3) is 5.88. The molecule has 6 nitrogen and oxygen atoms in total. The molecule has 1 aromatic heterocycles. The number of carbonyl (C=O) groups is 1. The normalized spacial score (nSPS) is 19.6. The monoisotopic (exact) mass is 486 g/mol. The molecule has 0 aliphatic carbocycles. The van der Waals surface area contributed by atoms with Gasteiger partial charge in [-0.1, -0.05) is 30.3 Å². The fraction of sp³-hybridized carbons (Fsp3) is 0.467. The molecule has 5 rings (SSSR count). The van der Waals surface area contributed by atoms with Crippen LogP contribution in [0.15, 0.2) is 60.7 Å². The molecular formula is C30H38N4O2. The fourth-order valence-electron chi connectivity index (χ4n) is 5.70. The molecule has 1 amide bonds. The van der Waals surface area contributed by atoms with Crippen molar-refractivity contribution in [2.75, 3.05) is 26.2 Å². The first-order chi connectivity index (χ1) is 17.5. The van der Waals surface area contributed by atoms with Crippen LogP contribution in [-0.4, -0.2) is 58.5 Å². The summed E-state index contributed by atoms with van der Waals surface area (Å²) in [6.07, 6.45) is 6.76. The third-order valence-corrected chi connectivity index (χ3v) is 7.76. The summed E-state index contributed by atoms with van der Waals surface area (Å²) in [6.45, 7) is 7.95. The van der Waals surface area contributed by atoms with E-state index in [2.05, 4.69) is 45.6 Å². The number of benzene rings is 2. The van der Waals surface area contributed by atoms with Gasteiger partial charge in [-0.25, -0.2) is 4.68 Å². The van der Waals surface area contributed by atoms with Crippen LogP contribution in [0.1, 0.15) is 59.4 Å². The Kier molecular flexibility index (Phi) is 7.54. The first-order valence-electron chi connectivity index (χ1n) is 13.4. The largest absolute Gasteiger partial charge is 0.370 e. The number of hydrogen-bond donors (Lipinski definition) is 1. The number of carbonyl (C=O) groups excluding carboxylic acids is 1. The van der Waals surface area contributed by atoms with Crippen LogP contribution in [-0.2, 0) is 11.2 Å². The highest BCUT2D eigenvalue weighted by molar-refractivity contribution is 5.94. The Morgan fingerprint density at radius 3 is 2.50 bits per heavy atom. The Balaban J connectivity index is 1.04. The summed E-state index contributed by atoms with van der Waals surface area (Å²) in [6, 6.07) is 20.4. The van der Waals surface area contributed by atoms with Crippen molar-refractivity contribution >= 4 is 5.91 Å². The second-order valence-electron chi connectivity index (χ2n) is 10.5. The number of piperidine rings is 1. The number of rotatable bonds is 8. The number of nitrogens with one attached hydrogen (secondary N) is 1. The predicted octanol–water partition coefficient (Wildman–Crippen LogP) is 4.87. The summed E-state index contributed by atoms with van der Waals surface area (Å²) >= 11 is 0. The van der Waals surface area contributed by atoms with Gasteiger partial charge in [0.2, 0.25) is 0 Å². The highest BCUT2D eigenvalue weighted by Gasteiger charge is 2.42. The number of hydrogen-bond acceptors (Lipinski definition) is 4. The number of aryl methyl sites for hydroxylation is 3. The molecule has 6 heteroatoms. The molecular weight excluding hydrogens is 448 g/mol. The van der Waals surface area contributed by atoms with Crippen LogP contribution < -0.4 is 5.32 Å². The zero-order chi connectivity index (χ0) is 25.0. The molecule has 0 saturated carbocycles. The van der Waals surface area contributed by atoms with E-state index in [1.165, 1.54) is 12.0 Å². The van der Waals surface area contributed by atoms with Crippen molar-refractivity contribution in [3.05, 3.63) is 83.2 Å². The maximum Gasteiger partial charge on any atom is 0.251 e. The van der Waals surface area contributed by atoms with Gasteiger partial charge in [-0.2, -0.15) is 5.10 Å². The van der Waals surface area contributed by atoms with E-state index in [-0.39, 0.29) is 17.6 Å². The molecule has 36 heavy (non-hydrogen) atoms. The second kappa shape index (κ2) is 11.0. The van der Waals surface area contributed by atoms with Crippen LogP contribution in [0.2, 0.25) is 0 Å². The lowest BCUT2D eigenvalue weighted by atomic mass is 9.88. The number of aromatic nitrogens is 2. The maximum atomic E-state index is 12.7. The van der Waals surface area contributed by atoms with E-state index < -0.39 is 0 Å². The summed E-state index contributed by atoms with van der Waals surface area (Å²) in [7, 11) is 0. The van der Waals surface area contributed by atoms with Gasteiger partial charge in [-0.3, -0.25) is 4.79 Å². The van der Waals surface area contributed by atoms with Crippen LogP contribution in [0.25, 0.3) is 5.69 Å². The lowest BCUT2D eigenvalue weighted by Gasteiger charge is -2.39. The van der Waals surface area contributed by atoms with Gasteiger partial charge in [0, 0.05) is 30.9 Å². The van der Waals surface area contributed by atoms with Gasteiger partial charge in [-0.15, -0.1) is 0 Å². The number of nitrogens with zero attached hydrogens (tertiary/aromatic N) is 3. The number of amides is 1. The molecule has 0 bridgehead atoms. The lowest BCUT2D eigenvalue weighted by Crippen LogP contribution is -2.45. The van der Waals surface area contributed by atoms with E-state index in [1.807, 2.05) is 48.9 Å². The zero-order valence-electron chi connectivity index (χ0n) is 21.6. The molecule has 0 radical (unpaired) electrons. The molecule has 1 spiro atoms. The molecule has 1 N–H and O–H groups in total. The van der Waals surface area contributed by atoms with Crippen molar-refractivity contribution in [2.45, 2.75) is 64.1 Å². The molecule has 3 heterocycles. The highest BCUT2D eigenvalue weighted by Crippen LogP contribution is 2.38. The van der Waals surface area contributed by atoms with E-state index in [4.69, 9.17) is 4.74 Å². The van der Waals surface area contributed by atoms with Gasteiger partial charge in [0.25, 0.3) is 5.91 Å². The van der Waals surface area contributed by atoms with E-state index in [1.54, 1.807) is 0 Å². The Labute approximate surface area is 214 Å². The minimum absolute atomic E-state index is 0.00667. The first-order valence-corrected chi connectivity index (χ1v) is 13.4. The van der Waals surface area contributed by atoms with Crippen molar-refractivity contribution in [2.24, 2.45) is 0 Å². The quantitative estimate of drug-likeness (QED) is 0.494. The summed E-state index contributed by atoms with van der Waals surface area (Å²) in [5.74, 6) is -0.0484. The standard InChI is InChI=1S/C30H38N4O2/c1-23-21-24(2)34(32-23)27-12-10-26(11-13-27)29(35)31-22-28-14-15-30(36-28)16-19-33(20-17-30)18-6-9-25-7-4-3-5-8-25/h3-5,7-8,10-13,21,28H,6,9,14-20,22H2,1-2H3,(H,31,35). The average Bonchev–Trinajstić information content (AvgIpc) is 3.46. The van der Waals surface area contributed by atoms with E-state index >= 15 is 0 Å². The molecule has 3 aromatic rings. The second-order valence-corrected chi connectivity index (χ2v) is 10.5. The zero-order valence-corrected chi connectivity index (χ0v) is 21.6. The van der Waals surface area contributed by atoms with Crippen LogP contribution in [0.4, 0.5) is 0 Å². The minimum atomic E-state index is -0.0484. The van der Waals surface area contributed by atoms with Gasteiger partial charge in [0.1, 0.15) is 0 Å². The van der Waals surface area contributed by atoms with E-state index in [0.717, 1.165) is 68.8 Å². The smallest absolute Gasteiger partial charge is 0.251 e. The van der Waals surface area contributed by atoms with E-state index in [0.29, 0.717) is 12.1 Å². The van der Waals surface area contributed by atoms with Crippen molar-refractivity contribution in [1.29, 1.82) is 0 Å². The molecule has 2 aliphatic heterocycles. The number of ether oxygens (including phenoxy) is 1. The SMILES string of the molecule is Cc1cc(C)n(-c2ccc(C(=O)NCC3CCC4(CCN(CCCc5ccccc5)CC4)O3)cc2)n1. The Bertz CT molecular complexity index is 1150. The molecule has 1 atom stereocenters. The van der Waals surface area contributed by atoms with Crippen molar-refractivity contribution in [1.82, 2.24) is 20.0 Å². The van der Waals surface area contributed by atoms with Crippen LogP contribution >= 0.6 is 0 Å². The van der Waals surface area contributed by atoms with Gasteiger partial charge in [-0.05, 0) is 94.8 Å². The first kappa shape index (κ1) is 24.7. The molecule has 2 aromatic carbocycles. The average molecular weight is 487 g/mol. The van der Waals surface area contributed by atoms with Crippen LogP contribution in [0.3, 0.4) is 0 Å². The topological polar surface area (TPSA) is 59.4 Å². The molecule has 2 fully saturated rings. The molecule has 2 saturated heterocycles. The maximum absolute atomic E-state index is 12.7. The summed E-state index contributed by atoms with van der Waals surface area (Å²) in [4.78, 5) is 15.3. The van der Waals surface area contributed by atoms with Gasteiger partial charge < -0.3 is 15.0 Å². The van der Waals surface area contributed by atoms with Crippen molar-refractivity contribution < 1.29 is 9.53 Å². The van der Waals surface area contributed by atoms with Gasteiger partial charge in [0.15, 0.2) is 0 Å². The molecule has 1 unspecified atom stereocenters. The predicted molar refractivity (Wildman–Crippen MR) is 143 cm³/mol. The van der Waals surface area contributed by atoms with Gasteiger partial charge in [0.05, 0.1) is 23.1 Å².